The van der Waals surface area contributed by atoms with Crippen LogP contribution in [0.15, 0.2) is 36.5 Å². The second-order valence-corrected chi connectivity index (χ2v) is 16.5. The Kier molecular flexibility index (Phi) is 34.8. The molecule has 9 unspecified atom stereocenters. The Morgan fingerprint density at radius 1 is 0.586 bits per heavy atom. The molecule has 0 aromatic rings. The van der Waals surface area contributed by atoms with E-state index in [0.29, 0.717) is 19.3 Å². The molecular weight excluding hydrogens is 739 g/mol. The number of unbranched alkanes of at least 4 members (excludes halogenated alkanes) is 20. The summed E-state index contributed by atoms with van der Waals surface area (Å²) in [6, 6.07) is -1.19. The number of allylic oxidation sites excluding steroid dienone is 6. The van der Waals surface area contributed by atoms with Crippen LogP contribution < -0.4 is 5.32 Å². The van der Waals surface area contributed by atoms with Crippen LogP contribution in [0.4, 0.5) is 0 Å². The zero-order chi connectivity index (χ0) is 42.6. The maximum atomic E-state index is 13.0. The van der Waals surface area contributed by atoms with Crippen molar-refractivity contribution < 1.29 is 50.0 Å². The van der Waals surface area contributed by atoms with E-state index in [4.69, 9.17) is 9.47 Å². The lowest BCUT2D eigenvalue weighted by Gasteiger charge is -2.40. The third-order valence-electron chi connectivity index (χ3n) is 11.1. The normalized spacial score (nSPS) is 22.3. The van der Waals surface area contributed by atoms with E-state index in [2.05, 4.69) is 55.6 Å². The van der Waals surface area contributed by atoms with Gasteiger partial charge in [-0.05, 0) is 70.6 Å². The lowest BCUT2D eigenvalue weighted by atomic mass is 9.98. The first-order valence-electron chi connectivity index (χ1n) is 23.4. The van der Waals surface area contributed by atoms with E-state index < -0.39 is 74.2 Å². The molecule has 0 spiro atoms. The Bertz CT molecular complexity index is 1040. The summed E-state index contributed by atoms with van der Waals surface area (Å²) in [7, 11) is 0. The monoisotopic (exact) mass is 826 g/mol. The van der Waals surface area contributed by atoms with Crippen molar-refractivity contribution in [3.05, 3.63) is 36.5 Å². The van der Waals surface area contributed by atoms with E-state index in [-0.39, 0.29) is 12.8 Å². The van der Waals surface area contributed by atoms with Gasteiger partial charge >= 0.3 is 0 Å². The minimum atomic E-state index is -1.67. The van der Waals surface area contributed by atoms with Gasteiger partial charge < -0.3 is 50.5 Å². The Labute approximate surface area is 352 Å². The molecule has 0 aromatic heterocycles. The van der Waals surface area contributed by atoms with E-state index in [1.54, 1.807) is 0 Å². The minimum Gasteiger partial charge on any atom is -0.394 e. The Morgan fingerprint density at radius 2 is 1.05 bits per heavy atom. The number of carbonyl (C=O) groups excluding carboxylic acids is 1. The van der Waals surface area contributed by atoms with Gasteiger partial charge in [0.25, 0.3) is 0 Å². The van der Waals surface area contributed by atoms with Gasteiger partial charge in [0.2, 0.25) is 5.91 Å². The molecule has 0 radical (unpaired) electrons. The molecular formula is C47H87NO10. The van der Waals surface area contributed by atoms with Gasteiger partial charge in [-0.1, -0.05) is 153 Å². The fourth-order valence-corrected chi connectivity index (χ4v) is 7.20. The lowest BCUT2D eigenvalue weighted by Crippen LogP contribution is -2.60. The number of carbonyl (C=O) groups is 1. The van der Waals surface area contributed by atoms with Crippen molar-refractivity contribution >= 4 is 5.91 Å². The molecule has 1 amide bonds. The summed E-state index contributed by atoms with van der Waals surface area (Å²) < 4.78 is 11.0. The maximum Gasteiger partial charge on any atom is 0.249 e. The van der Waals surface area contributed by atoms with Crippen molar-refractivity contribution in [2.45, 2.75) is 242 Å². The largest absolute Gasteiger partial charge is 0.394 e. The van der Waals surface area contributed by atoms with Crippen molar-refractivity contribution in [2.75, 3.05) is 13.2 Å². The summed E-state index contributed by atoms with van der Waals surface area (Å²) in [5.74, 6) is -0.724. The number of hydrogen-bond acceptors (Lipinski definition) is 10. The number of aliphatic hydroxyl groups excluding tert-OH is 7. The molecule has 1 rings (SSSR count). The van der Waals surface area contributed by atoms with Crippen LogP contribution in [0.3, 0.4) is 0 Å². The second-order valence-electron chi connectivity index (χ2n) is 16.5. The SMILES string of the molecule is CCCC/C=C\CCCCCCC(O)C(=O)NC(COC1OC(CO)C(O)C(O)C1O)C(O)C(O)CCC/C=C/CC/C=C/CCCCCCCCCCCCCC. The Hall–Kier alpha value is -1.67. The highest BCUT2D eigenvalue weighted by atomic mass is 16.7. The number of ether oxygens (including phenoxy) is 2. The van der Waals surface area contributed by atoms with Crippen molar-refractivity contribution in [3.63, 3.8) is 0 Å². The van der Waals surface area contributed by atoms with Gasteiger partial charge in [-0.15, -0.1) is 0 Å². The van der Waals surface area contributed by atoms with E-state index in [0.717, 1.165) is 51.4 Å². The average Bonchev–Trinajstić information content (AvgIpc) is 3.22. The highest BCUT2D eigenvalue weighted by Crippen LogP contribution is 2.23. The molecule has 9 atom stereocenters. The highest BCUT2D eigenvalue weighted by molar-refractivity contribution is 5.80. The maximum absolute atomic E-state index is 13.0. The Morgan fingerprint density at radius 3 is 1.59 bits per heavy atom. The van der Waals surface area contributed by atoms with Crippen molar-refractivity contribution in [1.82, 2.24) is 5.32 Å². The molecule has 0 aromatic carbocycles. The van der Waals surface area contributed by atoms with Crippen LogP contribution in [-0.2, 0) is 14.3 Å². The first-order chi connectivity index (χ1) is 28.2. The lowest BCUT2D eigenvalue weighted by molar-refractivity contribution is -0.303. The zero-order valence-electron chi connectivity index (χ0n) is 36.5. The quantitative estimate of drug-likeness (QED) is 0.0227. The molecule has 11 heteroatoms. The summed E-state index contributed by atoms with van der Waals surface area (Å²) >= 11 is 0. The topological polar surface area (TPSA) is 189 Å². The number of rotatable bonds is 38. The summed E-state index contributed by atoms with van der Waals surface area (Å²) in [5.41, 5.74) is 0. The molecule has 0 bridgehead atoms. The third kappa shape index (κ3) is 26.5. The van der Waals surface area contributed by atoms with E-state index in [1.165, 1.54) is 89.9 Å². The van der Waals surface area contributed by atoms with E-state index >= 15 is 0 Å². The first kappa shape index (κ1) is 54.3. The van der Waals surface area contributed by atoms with Crippen LogP contribution >= 0.6 is 0 Å². The van der Waals surface area contributed by atoms with Crippen LogP contribution in [0, 0.1) is 0 Å². The average molecular weight is 826 g/mol. The summed E-state index contributed by atoms with van der Waals surface area (Å²) in [6.07, 6.45) is 30.7. The molecule has 1 saturated heterocycles. The zero-order valence-corrected chi connectivity index (χ0v) is 36.5. The molecule has 0 saturated carbocycles. The standard InChI is InChI=1S/C47H87NO10/c1-3-5-7-9-11-13-15-16-17-18-19-20-21-22-23-24-25-27-28-30-32-34-39(50)42(52)38(37-57-47-45(55)44(54)43(53)41(36-49)58-47)48-46(56)40(51)35-33-31-29-26-14-12-10-8-6-4-2/h10,12,22-23,27-28,38-45,47,49-55H,3-9,11,13-21,24-26,29-37H2,1-2H3,(H,48,56)/b12-10-,23-22+,28-27+. The number of aliphatic hydroxyl groups is 7. The van der Waals surface area contributed by atoms with E-state index in [1.807, 2.05) is 0 Å². The van der Waals surface area contributed by atoms with Crippen LogP contribution in [0.25, 0.3) is 0 Å². The molecule has 58 heavy (non-hydrogen) atoms. The highest BCUT2D eigenvalue weighted by Gasteiger charge is 2.44. The van der Waals surface area contributed by atoms with Crippen molar-refractivity contribution in [1.29, 1.82) is 0 Å². The Balaban J connectivity index is 2.45. The molecule has 1 fully saturated rings. The van der Waals surface area contributed by atoms with Gasteiger partial charge in [-0.25, -0.2) is 0 Å². The van der Waals surface area contributed by atoms with E-state index in [9.17, 15) is 40.5 Å². The van der Waals surface area contributed by atoms with Gasteiger partial charge in [0.05, 0.1) is 25.4 Å². The smallest absolute Gasteiger partial charge is 0.249 e. The second kappa shape index (κ2) is 37.1. The van der Waals surface area contributed by atoms with Crippen molar-refractivity contribution in [2.24, 2.45) is 0 Å². The minimum absolute atomic E-state index is 0.235. The molecule has 8 N–H and O–H groups in total. The van der Waals surface area contributed by atoms with Crippen LogP contribution in [0.5, 0.6) is 0 Å². The van der Waals surface area contributed by atoms with Crippen LogP contribution in [-0.4, -0.2) is 110 Å². The number of hydrogen-bond donors (Lipinski definition) is 8. The van der Waals surface area contributed by atoms with Gasteiger partial charge in [-0.2, -0.15) is 0 Å². The number of nitrogens with one attached hydrogen (secondary N) is 1. The molecule has 1 aliphatic rings. The fourth-order valence-electron chi connectivity index (χ4n) is 7.20. The molecule has 340 valence electrons. The summed E-state index contributed by atoms with van der Waals surface area (Å²) in [5, 5.41) is 75.5. The molecule has 0 aliphatic carbocycles. The summed E-state index contributed by atoms with van der Waals surface area (Å²) in [4.78, 5) is 13.0. The van der Waals surface area contributed by atoms with Crippen LogP contribution in [0.2, 0.25) is 0 Å². The van der Waals surface area contributed by atoms with Gasteiger partial charge in [-0.3, -0.25) is 4.79 Å². The van der Waals surface area contributed by atoms with Gasteiger partial charge in [0.1, 0.15) is 36.6 Å². The fraction of sp³-hybridized carbons (Fsp3) is 0.851. The number of amides is 1. The predicted molar refractivity (Wildman–Crippen MR) is 233 cm³/mol. The molecule has 1 heterocycles. The predicted octanol–water partition coefficient (Wildman–Crippen LogP) is 7.61. The molecule has 11 nitrogen and oxygen atoms in total. The van der Waals surface area contributed by atoms with Gasteiger partial charge in [0, 0.05) is 0 Å². The van der Waals surface area contributed by atoms with Crippen LogP contribution in [0.1, 0.15) is 187 Å². The molecule has 1 aliphatic heterocycles. The first-order valence-corrected chi connectivity index (χ1v) is 23.4. The van der Waals surface area contributed by atoms with Gasteiger partial charge in [0.15, 0.2) is 6.29 Å². The summed E-state index contributed by atoms with van der Waals surface area (Å²) in [6.45, 7) is 3.35. The third-order valence-corrected chi connectivity index (χ3v) is 11.1. The van der Waals surface area contributed by atoms with Crippen molar-refractivity contribution in [3.8, 4) is 0 Å².